The fraction of sp³-hybridized carbons (Fsp3) is 0.538. The van der Waals surface area contributed by atoms with Crippen molar-refractivity contribution in [2.24, 2.45) is 11.8 Å². The van der Waals surface area contributed by atoms with Crippen LogP contribution in [0.5, 0.6) is 0 Å². The molecule has 1 nitrogen and oxygen atoms in total. The molecule has 0 radical (unpaired) electrons. The Kier molecular flexibility index (Phi) is 3.54. The van der Waals surface area contributed by atoms with Gasteiger partial charge in [-0.05, 0) is 55.1 Å². The first-order valence-corrected chi connectivity index (χ1v) is 5.81. The van der Waals surface area contributed by atoms with Gasteiger partial charge in [0.15, 0.2) is 0 Å². The Morgan fingerprint density at radius 3 is 2.88 bits per heavy atom. The first-order valence-electron chi connectivity index (χ1n) is 5.81. The lowest BCUT2D eigenvalue weighted by molar-refractivity contribution is 0.315. The zero-order valence-electron chi connectivity index (χ0n) is 9.47. The second-order valence-corrected chi connectivity index (χ2v) is 4.61. The Balaban J connectivity index is 2.23. The predicted molar refractivity (Wildman–Crippen MR) is 61.2 cm³/mol. The lowest BCUT2D eigenvalue weighted by Crippen LogP contribution is -2.35. The van der Waals surface area contributed by atoms with Crippen molar-refractivity contribution in [1.82, 2.24) is 5.32 Å². The third-order valence-corrected chi connectivity index (χ3v) is 3.33. The van der Waals surface area contributed by atoms with Crippen molar-refractivity contribution < 1.29 is 8.78 Å². The molecule has 0 amide bonds. The SMILES string of the molecule is CC1CNCC[C@@H]1C1=CC(F)=CCC(F)=C1. The molecule has 88 valence electrons. The standard InChI is InChI=1S/C13H17F2N/c1-9-8-16-5-4-13(9)10-6-11(14)2-3-12(15)7-10/h2,6-7,9,13,16H,3-5,8H2,1H3/t9?,13-/m0/s1. The second kappa shape index (κ2) is 4.91. The largest absolute Gasteiger partial charge is 0.316 e. The molecule has 2 rings (SSSR count). The van der Waals surface area contributed by atoms with Crippen molar-refractivity contribution in [2.75, 3.05) is 13.1 Å². The molecule has 1 aliphatic carbocycles. The maximum absolute atomic E-state index is 13.3. The first kappa shape index (κ1) is 11.5. The fourth-order valence-electron chi connectivity index (χ4n) is 2.42. The Hall–Kier alpha value is -0.960. The van der Waals surface area contributed by atoms with Crippen LogP contribution in [0.25, 0.3) is 0 Å². The van der Waals surface area contributed by atoms with E-state index < -0.39 is 0 Å². The molecule has 2 atom stereocenters. The van der Waals surface area contributed by atoms with Crippen LogP contribution in [-0.2, 0) is 0 Å². The quantitative estimate of drug-likeness (QED) is 0.722. The summed E-state index contributed by atoms with van der Waals surface area (Å²) >= 11 is 0. The van der Waals surface area contributed by atoms with E-state index in [1.807, 2.05) is 0 Å². The molecule has 0 aromatic heterocycles. The maximum Gasteiger partial charge on any atom is 0.119 e. The van der Waals surface area contributed by atoms with Gasteiger partial charge in [0.1, 0.15) is 11.7 Å². The minimum absolute atomic E-state index is 0.0746. The van der Waals surface area contributed by atoms with Crippen LogP contribution >= 0.6 is 0 Å². The van der Waals surface area contributed by atoms with Gasteiger partial charge in [-0.2, -0.15) is 0 Å². The Labute approximate surface area is 94.9 Å². The van der Waals surface area contributed by atoms with Crippen LogP contribution in [0.15, 0.2) is 35.5 Å². The number of allylic oxidation sites excluding steroid dienone is 6. The summed E-state index contributed by atoms with van der Waals surface area (Å²) in [6, 6.07) is 0. The third-order valence-electron chi connectivity index (χ3n) is 3.33. The number of piperidine rings is 1. The van der Waals surface area contributed by atoms with Gasteiger partial charge in [-0.15, -0.1) is 0 Å². The predicted octanol–water partition coefficient (Wildman–Crippen LogP) is 3.27. The van der Waals surface area contributed by atoms with Crippen LogP contribution in [0.2, 0.25) is 0 Å². The van der Waals surface area contributed by atoms with Gasteiger partial charge in [0.2, 0.25) is 0 Å². The van der Waals surface area contributed by atoms with Gasteiger partial charge in [0.05, 0.1) is 0 Å². The van der Waals surface area contributed by atoms with E-state index in [1.54, 1.807) is 0 Å². The van der Waals surface area contributed by atoms with Gasteiger partial charge >= 0.3 is 0 Å². The van der Waals surface area contributed by atoms with Crippen LogP contribution in [0, 0.1) is 11.8 Å². The molecule has 1 aliphatic heterocycles. The molecule has 1 unspecified atom stereocenters. The van der Waals surface area contributed by atoms with Crippen LogP contribution in [0.1, 0.15) is 19.8 Å². The van der Waals surface area contributed by atoms with E-state index in [-0.39, 0.29) is 24.0 Å². The molecule has 16 heavy (non-hydrogen) atoms. The van der Waals surface area contributed by atoms with Crippen LogP contribution in [-0.4, -0.2) is 13.1 Å². The number of rotatable bonds is 1. The molecule has 0 aromatic rings. The van der Waals surface area contributed by atoms with Crippen molar-refractivity contribution in [3.05, 3.63) is 35.5 Å². The molecule has 1 N–H and O–H groups in total. The second-order valence-electron chi connectivity index (χ2n) is 4.61. The van der Waals surface area contributed by atoms with Gasteiger partial charge in [-0.1, -0.05) is 6.92 Å². The third kappa shape index (κ3) is 2.59. The highest BCUT2D eigenvalue weighted by molar-refractivity contribution is 5.34. The highest BCUT2D eigenvalue weighted by atomic mass is 19.1. The van der Waals surface area contributed by atoms with Crippen LogP contribution in [0.3, 0.4) is 0 Å². The molecule has 0 spiro atoms. The van der Waals surface area contributed by atoms with Crippen molar-refractivity contribution in [2.45, 2.75) is 19.8 Å². The molecule has 1 heterocycles. The Bertz CT molecular complexity index is 355. The lowest BCUT2D eigenvalue weighted by atomic mass is 9.81. The summed E-state index contributed by atoms with van der Waals surface area (Å²) in [6.45, 7) is 3.96. The van der Waals surface area contributed by atoms with Crippen molar-refractivity contribution in [3.8, 4) is 0 Å². The normalized spacial score (nSPS) is 31.3. The minimum Gasteiger partial charge on any atom is -0.316 e. The molecule has 0 saturated carbocycles. The summed E-state index contributed by atoms with van der Waals surface area (Å²) < 4.78 is 26.7. The molecule has 1 saturated heterocycles. The summed E-state index contributed by atoms with van der Waals surface area (Å²) in [5.74, 6) is 0.133. The summed E-state index contributed by atoms with van der Waals surface area (Å²) in [5.41, 5.74) is 0.803. The number of hydrogen-bond donors (Lipinski definition) is 1. The minimum atomic E-state index is -0.315. The zero-order valence-corrected chi connectivity index (χ0v) is 9.47. The number of nitrogens with one attached hydrogen (secondary N) is 1. The van der Waals surface area contributed by atoms with E-state index in [1.165, 1.54) is 18.2 Å². The highest BCUT2D eigenvalue weighted by Gasteiger charge is 2.24. The van der Waals surface area contributed by atoms with Crippen LogP contribution < -0.4 is 5.32 Å². The lowest BCUT2D eigenvalue weighted by Gasteiger charge is -2.30. The van der Waals surface area contributed by atoms with Crippen molar-refractivity contribution in [3.63, 3.8) is 0 Å². The average Bonchev–Trinajstić information content (AvgIpc) is 2.41. The molecule has 1 fully saturated rings. The highest BCUT2D eigenvalue weighted by Crippen LogP contribution is 2.31. The van der Waals surface area contributed by atoms with E-state index in [9.17, 15) is 8.78 Å². The number of halogens is 2. The topological polar surface area (TPSA) is 12.0 Å². The van der Waals surface area contributed by atoms with E-state index in [0.717, 1.165) is 25.1 Å². The molecular weight excluding hydrogens is 208 g/mol. The van der Waals surface area contributed by atoms with Gasteiger partial charge < -0.3 is 5.32 Å². The monoisotopic (exact) mass is 225 g/mol. The molecule has 0 aromatic carbocycles. The summed E-state index contributed by atoms with van der Waals surface area (Å²) in [6.07, 6.45) is 5.31. The van der Waals surface area contributed by atoms with E-state index in [0.29, 0.717) is 5.92 Å². The van der Waals surface area contributed by atoms with Gasteiger partial charge in [-0.25, -0.2) is 8.78 Å². The van der Waals surface area contributed by atoms with Crippen molar-refractivity contribution in [1.29, 1.82) is 0 Å². The molecule has 0 bridgehead atoms. The van der Waals surface area contributed by atoms with Gasteiger partial charge in [0, 0.05) is 6.42 Å². The zero-order chi connectivity index (χ0) is 11.5. The summed E-state index contributed by atoms with van der Waals surface area (Å²) in [5, 5.41) is 3.29. The smallest absolute Gasteiger partial charge is 0.119 e. The molecule has 3 heteroatoms. The molecular formula is C13H17F2N. The van der Waals surface area contributed by atoms with Gasteiger partial charge in [0.25, 0.3) is 0 Å². The molecule has 2 aliphatic rings. The van der Waals surface area contributed by atoms with Crippen LogP contribution in [0.4, 0.5) is 8.78 Å². The van der Waals surface area contributed by atoms with E-state index >= 15 is 0 Å². The summed E-state index contributed by atoms with van der Waals surface area (Å²) in [7, 11) is 0. The Morgan fingerprint density at radius 2 is 2.12 bits per heavy atom. The average molecular weight is 225 g/mol. The first-order chi connectivity index (χ1) is 7.66. The van der Waals surface area contributed by atoms with Gasteiger partial charge in [-0.3, -0.25) is 0 Å². The van der Waals surface area contributed by atoms with Crippen molar-refractivity contribution >= 4 is 0 Å². The Morgan fingerprint density at radius 1 is 1.31 bits per heavy atom. The van der Waals surface area contributed by atoms with E-state index in [4.69, 9.17) is 0 Å². The summed E-state index contributed by atoms with van der Waals surface area (Å²) in [4.78, 5) is 0. The van der Waals surface area contributed by atoms with E-state index in [2.05, 4.69) is 12.2 Å². The fourth-order valence-corrected chi connectivity index (χ4v) is 2.42. The number of hydrogen-bond acceptors (Lipinski definition) is 1. The maximum atomic E-state index is 13.3.